The summed E-state index contributed by atoms with van der Waals surface area (Å²) >= 11 is 1.27. The lowest BCUT2D eigenvalue weighted by Gasteiger charge is -2.39. The van der Waals surface area contributed by atoms with Gasteiger partial charge in [-0.1, -0.05) is 0 Å². The summed E-state index contributed by atoms with van der Waals surface area (Å²) in [5, 5.41) is 12.1. The molecule has 1 aliphatic heterocycles. The number of aromatic amines is 1. The summed E-state index contributed by atoms with van der Waals surface area (Å²) in [4.78, 5) is 21.5. The minimum absolute atomic E-state index is 0.0254. The van der Waals surface area contributed by atoms with Crippen molar-refractivity contribution in [2.75, 3.05) is 13.1 Å². The molecule has 1 unspecified atom stereocenters. The van der Waals surface area contributed by atoms with Gasteiger partial charge in [-0.05, 0) is 31.5 Å². The molecule has 1 saturated heterocycles. The molecule has 1 fully saturated rings. The number of alkyl halides is 3. The first kappa shape index (κ1) is 18.2. The molecule has 1 aliphatic rings. The van der Waals surface area contributed by atoms with Crippen molar-refractivity contribution in [1.82, 2.24) is 14.9 Å². The van der Waals surface area contributed by atoms with Gasteiger partial charge in [0.25, 0.3) is 5.56 Å². The van der Waals surface area contributed by atoms with Crippen LogP contribution >= 0.6 is 11.3 Å². The molecule has 0 saturated carbocycles. The highest BCUT2D eigenvalue weighted by Crippen LogP contribution is 2.37. The number of halogens is 3. The lowest BCUT2D eigenvalue weighted by atomic mass is 9.92. The maximum atomic E-state index is 13.1. The van der Waals surface area contributed by atoms with Crippen molar-refractivity contribution >= 4 is 21.6 Å². The van der Waals surface area contributed by atoms with E-state index < -0.39 is 18.3 Å². The highest BCUT2D eigenvalue weighted by molar-refractivity contribution is 7.17. The third-order valence-corrected chi connectivity index (χ3v) is 5.60. The fraction of sp³-hybridized carbons (Fsp3) is 0.412. The van der Waals surface area contributed by atoms with Gasteiger partial charge in [-0.25, -0.2) is 4.98 Å². The van der Waals surface area contributed by atoms with E-state index in [2.05, 4.69) is 9.97 Å². The van der Waals surface area contributed by atoms with Crippen LogP contribution in [0.5, 0.6) is 0 Å². The number of aliphatic hydroxyl groups is 1. The Morgan fingerprint density at radius 2 is 2.26 bits per heavy atom. The molecule has 144 valence electrons. The molecule has 4 rings (SSSR count). The fourth-order valence-electron chi connectivity index (χ4n) is 3.38. The van der Waals surface area contributed by atoms with Crippen molar-refractivity contribution < 1.29 is 22.7 Å². The molecule has 0 radical (unpaired) electrons. The predicted octanol–water partition coefficient (Wildman–Crippen LogP) is 3.13. The van der Waals surface area contributed by atoms with Gasteiger partial charge >= 0.3 is 6.18 Å². The van der Waals surface area contributed by atoms with Crippen LogP contribution in [0.25, 0.3) is 21.5 Å². The first-order valence-corrected chi connectivity index (χ1v) is 9.20. The average Bonchev–Trinajstić information content (AvgIpc) is 3.22. The van der Waals surface area contributed by atoms with E-state index in [1.54, 1.807) is 17.5 Å². The summed E-state index contributed by atoms with van der Waals surface area (Å²) in [5.74, 6) is 0.819. The summed E-state index contributed by atoms with van der Waals surface area (Å²) in [5.41, 5.74) is -2.47. The summed E-state index contributed by atoms with van der Waals surface area (Å²) in [6.45, 7) is -0.125. The van der Waals surface area contributed by atoms with Crippen molar-refractivity contribution in [1.29, 1.82) is 0 Å². The largest absolute Gasteiger partial charge is 0.464 e. The quantitative estimate of drug-likeness (QED) is 0.707. The first-order valence-electron chi connectivity index (χ1n) is 8.32. The van der Waals surface area contributed by atoms with Crippen LogP contribution in [-0.2, 0) is 6.54 Å². The Hall–Kier alpha value is -2.17. The van der Waals surface area contributed by atoms with Gasteiger partial charge in [0, 0.05) is 17.5 Å². The Morgan fingerprint density at radius 1 is 1.44 bits per heavy atom. The lowest BCUT2D eigenvalue weighted by Crippen LogP contribution is -2.56. The summed E-state index contributed by atoms with van der Waals surface area (Å²) in [7, 11) is 0. The molecule has 6 nitrogen and oxygen atoms in total. The van der Waals surface area contributed by atoms with Gasteiger partial charge in [0.1, 0.15) is 16.4 Å². The van der Waals surface area contributed by atoms with Crippen LogP contribution in [0.3, 0.4) is 0 Å². The number of hydrogen-bond acceptors (Lipinski definition) is 6. The van der Waals surface area contributed by atoms with Crippen molar-refractivity contribution in [3.8, 4) is 11.3 Å². The predicted molar refractivity (Wildman–Crippen MR) is 93.5 cm³/mol. The normalized spacial score (nSPS) is 21.8. The van der Waals surface area contributed by atoms with Crippen LogP contribution in [0.15, 0.2) is 33.0 Å². The molecule has 3 aromatic heterocycles. The molecule has 4 heterocycles. The van der Waals surface area contributed by atoms with Crippen molar-refractivity contribution in [3.05, 3.63) is 40.0 Å². The lowest BCUT2D eigenvalue weighted by molar-refractivity contribution is -0.274. The van der Waals surface area contributed by atoms with Crippen LogP contribution in [0.4, 0.5) is 13.2 Å². The Bertz CT molecular complexity index is 1010. The minimum Gasteiger partial charge on any atom is -0.464 e. The smallest absolute Gasteiger partial charge is 0.418 e. The Labute approximate surface area is 155 Å². The molecule has 27 heavy (non-hydrogen) atoms. The average molecular weight is 399 g/mol. The standard InChI is InChI=1S/C17H16F3N3O3S/c18-17(19,20)16(25)4-2-5-23(9-16)7-12-21-14(24)13-10(8-27-15(13)22-12)11-3-1-6-26-11/h1,3,6,8,25H,2,4-5,7,9H2,(H,21,22,24). The molecule has 0 bridgehead atoms. The molecule has 0 aromatic carbocycles. The second-order valence-electron chi connectivity index (χ2n) is 6.66. The van der Waals surface area contributed by atoms with E-state index >= 15 is 0 Å². The third kappa shape index (κ3) is 3.28. The Morgan fingerprint density at radius 3 is 2.96 bits per heavy atom. The number of β-amino-alcohol motifs (C(OH)–C–C–N with tert-alkyl or cyclic N) is 1. The van der Waals surface area contributed by atoms with Crippen LogP contribution in [0.2, 0.25) is 0 Å². The van der Waals surface area contributed by atoms with Gasteiger partial charge in [-0.2, -0.15) is 13.2 Å². The van der Waals surface area contributed by atoms with E-state index in [1.165, 1.54) is 22.5 Å². The topological polar surface area (TPSA) is 82.4 Å². The van der Waals surface area contributed by atoms with E-state index in [1.807, 2.05) is 0 Å². The van der Waals surface area contributed by atoms with Crippen molar-refractivity contribution in [2.45, 2.75) is 31.2 Å². The number of nitrogens with zero attached hydrogens (tertiary/aromatic N) is 2. The van der Waals surface area contributed by atoms with E-state index in [4.69, 9.17) is 4.42 Å². The van der Waals surface area contributed by atoms with Crippen LogP contribution < -0.4 is 5.56 Å². The molecule has 1 atom stereocenters. The fourth-order valence-corrected chi connectivity index (χ4v) is 4.33. The molecule has 3 aromatic rings. The summed E-state index contributed by atoms with van der Waals surface area (Å²) < 4.78 is 44.6. The van der Waals surface area contributed by atoms with Crippen molar-refractivity contribution in [3.63, 3.8) is 0 Å². The second-order valence-corrected chi connectivity index (χ2v) is 7.52. The van der Waals surface area contributed by atoms with Gasteiger partial charge in [-0.3, -0.25) is 9.69 Å². The van der Waals surface area contributed by atoms with Gasteiger partial charge < -0.3 is 14.5 Å². The molecular weight excluding hydrogens is 383 g/mol. The molecule has 0 amide bonds. The SMILES string of the molecule is O=c1[nH]c(CN2CCCC(O)(C(F)(F)F)C2)nc2scc(-c3ccco3)c12. The van der Waals surface area contributed by atoms with E-state index in [0.717, 1.165) is 0 Å². The van der Waals surface area contributed by atoms with Gasteiger partial charge in [0.15, 0.2) is 5.60 Å². The number of fused-ring (bicyclic) bond motifs is 1. The number of nitrogens with one attached hydrogen (secondary N) is 1. The van der Waals surface area contributed by atoms with Gasteiger partial charge in [-0.15, -0.1) is 11.3 Å². The first-order chi connectivity index (χ1) is 12.8. The zero-order valence-corrected chi connectivity index (χ0v) is 14.9. The zero-order valence-electron chi connectivity index (χ0n) is 14.0. The number of likely N-dealkylation sites (tertiary alicyclic amines) is 1. The number of aromatic nitrogens is 2. The van der Waals surface area contributed by atoms with Crippen LogP contribution in [-0.4, -0.2) is 44.8 Å². The zero-order chi connectivity index (χ0) is 19.2. The molecule has 0 aliphatic carbocycles. The molecule has 0 spiro atoms. The molecule has 10 heteroatoms. The number of hydrogen-bond donors (Lipinski definition) is 2. The maximum Gasteiger partial charge on any atom is 0.418 e. The van der Waals surface area contributed by atoms with Gasteiger partial charge in [0.2, 0.25) is 0 Å². The number of furan rings is 1. The minimum atomic E-state index is -4.69. The highest BCUT2D eigenvalue weighted by Gasteiger charge is 2.55. The number of piperidine rings is 1. The van der Waals surface area contributed by atoms with Crippen LogP contribution in [0.1, 0.15) is 18.7 Å². The third-order valence-electron chi connectivity index (χ3n) is 4.73. The van der Waals surface area contributed by atoms with E-state index in [-0.39, 0.29) is 30.8 Å². The Kier molecular flexibility index (Phi) is 4.36. The van der Waals surface area contributed by atoms with Gasteiger partial charge in [0.05, 0.1) is 18.2 Å². The second kappa shape index (κ2) is 6.47. The number of H-pyrrole nitrogens is 1. The monoisotopic (exact) mass is 399 g/mol. The van der Waals surface area contributed by atoms with Crippen molar-refractivity contribution in [2.24, 2.45) is 0 Å². The highest BCUT2D eigenvalue weighted by atomic mass is 32.1. The maximum absolute atomic E-state index is 13.1. The summed E-state index contributed by atoms with van der Waals surface area (Å²) in [6, 6.07) is 3.45. The summed E-state index contributed by atoms with van der Waals surface area (Å²) in [6.07, 6.45) is -3.30. The Balaban J connectivity index is 1.61. The molecule has 2 N–H and O–H groups in total. The molecular formula is C17H16F3N3O3S. The van der Waals surface area contributed by atoms with Crippen LogP contribution in [0, 0.1) is 0 Å². The van der Waals surface area contributed by atoms with E-state index in [9.17, 15) is 23.1 Å². The number of rotatable bonds is 3. The van der Waals surface area contributed by atoms with E-state index in [0.29, 0.717) is 28.1 Å². The number of thiophene rings is 1.